The Hall–Kier alpha value is -1.75. The van der Waals surface area contributed by atoms with E-state index in [0.29, 0.717) is 19.1 Å². The number of nitrogens with one attached hydrogen (secondary N) is 1. The number of carbonyl (C=O) groups is 1. The quantitative estimate of drug-likeness (QED) is 0.813. The molecule has 0 aliphatic carbocycles. The minimum absolute atomic E-state index is 0.0424. The summed E-state index contributed by atoms with van der Waals surface area (Å²) in [6.45, 7) is 4.63. The number of piperidine rings is 1. The molecule has 1 aromatic rings. The van der Waals surface area contributed by atoms with Gasteiger partial charge in [-0.3, -0.25) is 0 Å². The molecule has 21 heavy (non-hydrogen) atoms. The lowest BCUT2D eigenvalue weighted by atomic mass is 9.98. The molecule has 2 rings (SSSR count). The van der Waals surface area contributed by atoms with Gasteiger partial charge in [0.2, 0.25) is 0 Å². The van der Waals surface area contributed by atoms with Crippen LogP contribution < -0.4 is 10.1 Å². The number of ether oxygens (including phenoxy) is 1. The number of carbonyl (C=O) groups excluding carboxylic acids is 1. The molecular formula is C16H24N2O3. The van der Waals surface area contributed by atoms with Crippen molar-refractivity contribution in [2.45, 2.75) is 19.8 Å². The van der Waals surface area contributed by atoms with Crippen molar-refractivity contribution in [3.8, 4) is 5.75 Å². The third-order valence-electron chi connectivity index (χ3n) is 3.80. The number of aliphatic hydroxyl groups excluding tert-OH is 1. The number of aliphatic hydroxyl groups is 1. The maximum absolute atomic E-state index is 12.0. The SMILES string of the molecule is Cc1cccc(OCCNC(=O)N2CCC(CO)CC2)c1. The number of rotatable bonds is 5. The van der Waals surface area contributed by atoms with E-state index in [1.54, 1.807) is 4.90 Å². The molecule has 0 spiro atoms. The third kappa shape index (κ3) is 4.93. The van der Waals surface area contributed by atoms with E-state index in [1.165, 1.54) is 0 Å². The first kappa shape index (κ1) is 15.6. The minimum atomic E-state index is -0.0424. The van der Waals surface area contributed by atoms with Gasteiger partial charge >= 0.3 is 6.03 Å². The van der Waals surface area contributed by atoms with Crippen LogP contribution in [-0.2, 0) is 0 Å². The van der Waals surface area contributed by atoms with E-state index < -0.39 is 0 Å². The summed E-state index contributed by atoms with van der Waals surface area (Å²) in [6.07, 6.45) is 1.76. The molecule has 5 nitrogen and oxygen atoms in total. The number of aryl methyl sites for hydroxylation is 1. The maximum Gasteiger partial charge on any atom is 0.317 e. The standard InChI is InChI=1S/C16H24N2O3/c1-13-3-2-4-15(11-13)21-10-7-17-16(20)18-8-5-14(12-19)6-9-18/h2-4,11,14,19H,5-10,12H2,1H3,(H,17,20). The Kier molecular flexibility index (Phi) is 5.87. The number of amides is 2. The molecule has 2 amide bonds. The zero-order chi connectivity index (χ0) is 15.1. The third-order valence-corrected chi connectivity index (χ3v) is 3.80. The molecule has 0 atom stereocenters. The van der Waals surface area contributed by atoms with E-state index in [1.807, 2.05) is 31.2 Å². The second kappa shape index (κ2) is 7.88. The Morgan fingerprint density at radius 3 is 2.86 bits per heavy atom. The summed E-state index contributed by atoms with van der Waals surface area (Å²) >= 11 is 0. The average molecular weight is 292 g/mol. The summed E-state index contributed by atoms with van der Waals surface area (Å²) in [4.78, 5) is 13.8. The summed E-state index contributed by atoms with van der Waals surface area (Å²) < 4.78 is 5.59. The largest absolute Gasteiger partial charge is 0.492 e. The maximum atomic E-state index is 12.0. The van der Waals surface area contributed by atoms with E-state index in [-0.39, 0.29) is 12.6 Å². The van der Waals surface area contributed by atoms with Gasteiger partial charge in [0.05, 0.1) is 6.54 Å². The van der Waals surface area contributed by atoms with Crippen LogP contribution in [0.5, 0.6) is 5.75 Å². The number of urea groups is 1. The topological polar surface area (TPSA) is 61.8 Å². The van der Waals surface area contributed by atoms with Crippen molar-refractivity contribution in [3.63, 3.8) is 0 Å². The highest BCUT2D eigenvalue weighted by Crippen LogP contribution is 2.16. The van der Waals surface area contributed by atoms with Gasteiger partial charge in [0, 0.05) is 19.7 Å². The Bertz CT molecular complexity index is 457. The van der Waals surface area contributed by atoms with Crippen molar-refractivity contribution >= 4 is 6.03 Å². The molecule has 0 unspecified atom stereocenters. The molecule has 1 aromatic carbocycles. The van der Waals surface area contributed by atoms with E-state index in [2.05, 4.69) is 5.32 Å². The van der Waals surface area contributed by atoms with Gasteiger partial charge in [0.1, 0.15) is 12.4 Å². The summed E-state index contributed by atoms with van der Waals surface area (Å²) in [5.41, 5.74) is 1.16. The minimum Gasteiger partial charge on any atom is -0.492 e. The zero-order valence-corrected chi connectivity index (χ0v) is 12.5. The molecule has 0 bridgehead atoms. The summed E-state index contributed by atoms with van der Waals surface area (Å²) in [5.74, 6) is 1.17. The van der Waals surface area contributed by atoms with Crippen LogP contribution >= 0.6 is 0 Å². The number of nitrogens with zero attached hydrogens (tertiary/aromatic N) is 1. The van der Waals surface area contributed by atoms with Gasteiger partial charge in [-0.15, -0.1) is 0 Å². The van der Waals surface area contributed by atoms with Crippen LogP contribution in [0.4, 0.5) is 4.79 Å². The van der Waals surface area contributed by atoms with Gasteiger partial charge < -0.3 is 20.1 Å². The highest BCUT2D eigenvalue weighted by atomic mass is 16.5. The van der Waals surface area contributed by atoms with Crippen LogP contribution in [-0.4, -0.2) is 48.9 Å². The Balaban J connectivity index is 1.63. The first-order valence-corrected chi connectivity index (χ1v) is 7.52. The van der Waals surface area contributed by atoms with E-state index in [9.17, 15) is 4.79 Å². The molecule has 0 radical (unpaired) electrons. The van der Waals surface area contributed by atoms with Crippen molar-refractivity contribution in [2.75, 3.05) is 32.8 Å². The summed E-state index contributed by atoms with van der Waals surface area (Å²) in [6, 6.07) is 7.81. The average Bonchev–Trinajstić information content (AvgIpc) is 2.51. The molecule has 2 N–H and O–H groups in total. The highest BCUT2D eigenvalue weighted by molar-refractivity contribution is 5.74. The lowest BCUT2D eigenvalue weighted by Gasteiger charge is -2.31. The first-order valence-electron chi connectivity index (χ1n) is 7.52. The van der Waals surface area contributed by atoms with Gasteiger partial charge in [0.15, 0.2) is 0 Å². The summed E-state index contributed by atoms with van der Waals surface area (Å²) in [5, 5.41) is 12.0. The number of likely N-dealkylation sites (tertiary alicyclic amines) is 1. The number of benzene rings is 1. The van der Waals surface area contributed by atoms with Crippen LogP contribution in [0.1, 0.15) is 18.4 Å². The predicted molar refractivity (Wildman–Crippen MR) is 81.5 cm³/mol. The monoisotopic (exact) mass is 292 g/mol. The first-order chi connectivity index (χ1) is 10.2. The molecule has 1 heterocycles. The molecule has 116 valence electrons. The van der Waals surface area contributed by atoms with Crippen molar-refractivity contribution in [2.24, 2.45) is 5.92 Å². The second-order valence-electron chi connectivity index (χ2n) is 5.51. The molecule has 1 fully saturated rings. The van der Waals surface area contributed by atoms with E-state index >= 15 is 0 Å². The predicted octanol–water partition coefficient (Wildman–Crippen LogP) is 1.79. The van der Waals surface area contributed by atoms with Gasteiger partial charge in [-0.25, -0.2) is 4.79 Å². The smallest absolute Gasteiger partial charge is 0.317 e. The van der Waals surface area contributed by atoms with Gasteiger partial charge in [-0.1, -0.05) is 12.1 Å². The molecule has 1 saturated heterocycles. The van der Waals surface area contributed by atoms with Crippen LogP contribution in [0.2, 0.25) is 0 Å². The van der Waals surface area contributed by atoms with E-state index in [4.69, 9.17) is 9.84 Å². The van der Waals surface area contributed by atoms with Gasteiger partial charge in [-0.05, 0) is 43.4 Å². The van der Waals surface area contributed by atoms with Crippen LogP contribution in [0.3, 0.4) is 0 Å². The van der Waals surface area contributed by atoms with Crippen molar-refractivity contribution < 1.29 is 14.6 Å². The Morgan fingerprint density at radius 1 is 1.43 bits per heavy atom. The molecule has 0 saturated carbocycles. The van der Waals surface area contributed by atoms with Crippen LogP contribution in [0.25, 0.3) is 0 Å². The lowest BCUT2D eigenvalue weighted by Crippen LogP contribution is -2.45. The normalized spacial score (nSPS) is 15.8. The van der Waals surface area contributed by atoms with Crippen LogP contribution in [0, 0.1) is 12.8 Å². The fraction of sp³-hybridized carbons (Fsp3) is 0.562. The van der Waals surface area contributed by atoms with Crippen molar-refractivity contribution in [3.05, 3.63) is 29.8 Å². The van der Waals surface area contributed by atoms with E-state index in [0.717, 1.165) is 37.2 Å². The van der Waals surface area contributed by atoms with Gasteiger partial charge in [-0.2, -0.15) is 0 Å². The fourth-order valence-corrected chi connectivity index (χ4v) is 2.46. The molecule has 5 heteroatoms. The molecule has 1 aliphatic heterocycles. The summed E-state index contributed by atoms with van der Waals surface area (Å²) in [7, 11) is 0. The fourth-order valence-electron chi connectivity index (χ4n) is 2.46. The van der Waals surface area contributed by atoms with Crippen LogP contribution in [0.15, 0.2) is 24.3 Å². The Labute approximate surface area is 125 Å². The van der Waals surface area contributed by atoms with Gasteiger partial charge in [0.25, 0.3) is 0 Å². The zero-order valence-electron chi connectivity index (χ0n) is 12.5. The Morgan fingerprint density at radius 2 is 2.19 bits per heavy atom. The second-order valence-corrected chi connectivity index (χ2v) is 5.51. The molecule has 1 aliphatic rings. The van der Waals surface area contributed by atoms with Crippen molar-refractivity contribution in [1.29, 1.82) is 0 Å². The molecule has 0 aromatic heterocycles. The highest BCUT2D eigenvalue weighted by Gasteiger charge is 2.21. The number of hydrogen-bond acceptors (Lipinski definition) is 3. The number of hydrogen-bond donors (Lipinski definition) is 2. The van der Waals surface area contributed by atoms with Crippen molar-refractivity contribution in [1.82, 2.24) is 10.2 Å². The molecular weight excluding hydrogens is 268 g/mol. The lowest BCUT2D eigenvalue weighted by molar-refractivity contribution is 0.136.